The summed E-state index contributed by atoms with van der Waals surface area (Å²) in [5.74, 6) is 0. The third-order valence-electron chi connectivity index (χ3n) is 1.83. The van der Waals surface area contributed by atoms with Crippen LogP contribution in [-0.2, 0) is 12.8 Å². The summed E-state index contributed by atoms with van der Waals surface area (Å²) in [4.78, 5) is 0. The predicted molar refractivity (Wildman–Crippen MR) is 54.7 cm³/mol. The van der Waals surface area contributed by atoms with Crippen LogP contribution in [0.4, 0.5) is 0 Å². The second-order valence-electron chi connectivity index (χ2n) is 2.71. The highest BCUT2D eigenvalue weighted by atomic mass is 35.5. The van der Waals surface area contributed by atoms with Gasteiger partial charge in [0.1, 0.15) is 0 Å². The van der Waals surface area contributed by atoms with Crippen molar-refractivity contribution in [1.82, 2.24) is 0 Å². The van der Waals surface area contributed by atoms with Crippen molar-refractivity contribution in [1.29, 1.82) is 5.26 Å². The van der Waals surface area contributed by atoms with Crippen LogP contribution < -0.4 is 0 Å². The van der Waals surface area contributed by atoms with Crippen molar-refractivity contribution in [2.45, 2.75) is 12.8 Å². The summed E-state index contributed by atoms with van der Waals surface area (Å²) in [6.07, 6.45) is 2.92. The van der Waals surface area contributed by atoms with Gasteiger partial charge < -0.3 is 0 Å². The van der Waals surface area contributed by atoms with Crippen molar-refractivity contribution in [3.8, 4) is 6.07 Å². The Morgan fingerprint density at radius 2 is 2.31 bits per heavy atom. The minimum atomic E-state index is 0.406. The standard InChI is InChI=1S/C11H10ClN/c1-2-4-10-9(7-8-13)5-3-6-11(10)12/h2-3,5-6H,1,4,7H2. The summed E-state index contributed by atoms with van der Waals surface area (Å²) in [5, 5.41) is 9.30. The van der Waals surface area contributed by atoms with E-state index in [1.165, 1.54) is 0 Å². The molecule has 0 bridgehead atoms. The van der Waals surface area contributed by atoms with Gasteiger partial charge in [-0.2, -0.15) is 5.26 Å². The second-order valence-corrected chi connectivity index (χ2v) is 3.11. The lowest BCUT2D eigenvalue weighted by atomic mass is 10.0. The molecule has 1 aromatic carbocycles. The SMILES string of the molecule is C=CCc1c(Cl)cccc1CC#N. The highest BCUT2D eigenvalue weighted by Crippen LogP contribution is 2.21. The van der Waals surface area contributed by atoms with Gasteiger partial charge in [-0.15, -0.1) is 6.58 Å². The molecule has 0 amide bonds. The number of nitrogens with zero attached hydrogens (tertiary/aromatic N) is 1. The van der Waals surface area contributed by atoms with Gasteiger partial charge >= 0.3 is 0 Å². The molecule has 0 aliphatic rings. The molecule has 1 nitrogen and oxygen atoms in total. The smallest absolute Gasteiger partial charge is 0.0669 e. The molecule has 0 heterocycles. The number of rotatable bonds is 3. The molecule has 1 aromatic rings. The molecule has 0 fully saturated rings. The molecule has 0 unspecified atom stereocenters. The first-order chi connectivity index (χ1) is 6.29. The number of nitriles is 1. The Hall–Kier alpha value is -1.26. The molecule has 0 aliphatic carbocycles. The Morgan fingerprint density at radius 3 is 2.92 bits per heavy atom. The van der Waals surface area contributed by atoms with E-state index >= 15 is 0 Å². The molecule has 66 valence electrons. The average molecular weight is 192 g/mol. The van der Waals surface area contributed by atoms with Crippen LogP contribution in [0.2, 0.25) is 5.02 Å². The Kier molecular flexibility index (Phi) is 3.54. The molecule has 0 N–H and O–H groups in total. The fraction of sp³-hybridized carbons (Fsp3) is 0.182. The van der Waals surface area contributed by atoms with E-state index < -0.39 is 0 Å². The van der Waals surface area contributed by atoms with Gasteiger partial charge in [0.2, 0.25) is 0 Å². The van der Waals surface area contributed by atoms with Crippen molar-refractivity contribution in [3.63, 3.8) is 0 Å². The molecule has 13 heavy (non-hydrogen) atoms. The number of hydrogen-bond donors (Lipinski definition) is 0. The first kappa shape index (κ1) is 9.83. The van der Waals surface area contributed by atoms with Gasteiger partial charge in [0.15, 0.2) is 0 Å². The van der Waals surface area contributed by atoms with E-state index in [1.54, 1.807) is 6.08 Å². The average Bonchev–Trinajstić information content (AvgIpc) is 2.11. The zero-order chi connectivity index (χ0) is 9.68. The van der Waals surface area contributed by atoms with Crippen LogP contribution in [0, 0.1) is 11.3 Å². The fourth-order valence-corrected chi connectivity index (χ4v) is 1.50. The van der Waals surface area contributed by atoms with Crippen LogP contribution in [0.15, 0.2) is 30.9 Å². The van der Waals surface area contributed by atoms with Gasteiger partial charge in [0, 0.05) is 5.02 Å². The minimum Gasteiger partial charge on any atom is -0.198 e. The molecule has 0 saturated heterocycles. The lowest BCUT2D eigenvalue weighted by molar-refractivity contribution is 1.15. The lowest BCUT2D eigenvalue weighted by Gasteiger charge is -2.05. The van der Waals surface area contributed by atoms with Crippen LogP contribution in [0.1, 0.15) is 11.1 Å². The van der Waals surface area contributed by atoms with E-state index in [0.29, 0.717) is 11.4 Å². The molecule has 0 aliphatic heterocycles. The lowest BCUT2D eigenvalue weighted by Crippen LogP contribution is -1.92. The van der Waals surface area contributed by atoms with Gasteiger partial charge in [0.05, 0.1) is 12.5 Å². The molecule has 2 heteroatoms. The van der Waals surface area contributed by atoms with Crippen molar-refractivity contribution in [2.24, 2.45) is 0 Å². The van der Waals surface area contributed by atoms with Crippen molar-refractivity contribution >= 4 is 11.6 Å². The monoisotopic (exact) mass is 191 g/mol. The fourth-order valence-electron chi connectivity index (χ4n) is 1.23. The molecule has 0 radical (unpaired) electrons. The van der Waals surface area contributed by atoms with Crippen molar-refractivity contribution in [2.75, 3.05) is 0 Å². The summed E-state index contributed by atoms with van der Waals surface area (Å²) in [7, 11) is 0. The van der Waals surface area contributed by atoms with E-state index in [-0.39, 0.29) is 0 Å². The third kappa shape index (κ3) is 2.34. The summed E-state index contributed by atoms with van der Waals surface area (Å²) >= 11 is 5.99. The number of benzene rings is 1. The van der Waals surface area contributed by atoms with E-state index in [4.69, 9.17) is 16.9 Å². The molecule has 0 aromatic heterocycles. The summed E-state index contributed by atoms with van der Waals surface area (Å²) in [5.41, 5.74) is 2.01. The third-order valence-corrected chi connectivity index (χ3v) is 2.19. The van der Waals surface area contributed by atoms with Crippen molar-refractivity contribution < 1.29 is 0 Å². The topological polar surface area (TPSA) is 23.8 Å². The van der Waals surface area contributed by atoms with Gasteiger partial charge in [0.25, 0.3) is 0 Å². The molecular weight excluding hydrogens is 182 g/mol. The molecule has 0 atom stereocenters. The summed E-state index contributed by atoms with van der Waals surface area (Å²) in [6.45, 7) is 3.66. The minimum absolute atomic E-state index is 0.406. The van der Waals surface area contributed by atoms with Crippen LogP contribution in [0.5, 0.6) is 0 Å². The summed E-state index contributed by atoms with van der Waals surface area (Å²) < 4.78 is 0. The van der Waals surface area contributed by atoms with Gasteiger partial charge in [-0.3, -0.25) is 0 Å². The zero-order valence-electron chi connectivity index (χ0n) is 7.26. The van der Waals surface area contributed by atoms with E-state index in [1.807, 2.05) is 18.2 Å². The first-order valence-electron chi connectivity index (χ1n) is 4.03. The molecule has 1 rings (SSSR count). The largest absolute Gasteiger partial charge is 0.198 e. The quantitative estimate of drug-likeness (QED) is 0.674. The highest BCUT2D eigenvalue weighted by Gasteiger charge is 2.04. The molecular formula is C11H10ClN. The van der Waals surface area contributed by atoms with Crippen molar-refractivity contribution in [3.05, 3.63) is 47.0 Å². The molecule has 0 spiro atoms. The highest BCUT2D eigenvalue weighted by molar-refractivity contribution is 6.31. The normalized spacial score (nSPS) is 9.23. The van der Waals surface area contributed by atoms with E-state index in [9.17, 15) is 0 Å². The maximum atomic E-state index is 8.58. The zero-order valence-corrected chi connectivity index (χ0v) is 8.01. The Labute approximate surface area is 83.3 Å². The van der Waals surface area contributed by atoms with Crippen LogP contribution >= 0.6 is 11.6 Å². The number of hydrogen-bond acceptors (Lipinski definition) is 1. The van der Waals surface area contributed by atoms with Gasteiger partial charge in [-0.1, -0.05) is 29.8 Å². The van der Waals surface area contributed by atoms with Crippen LogP contribution in [-0.4, -0.2) is 0 Å². The van der Waals surface area contributed by atoms with E-state index in [0.717, 1.165) is 17.5 Å². The van der Waals surface area contributed by atoms with E-state index in [2.05, 4.69) is 12.6 Å². The Bertz CT molecular complexity index is 350. The maximum Gasteiger partial charge on any atom is 0.0669 e. The number of halogens is 1. The maximum absolute atomic E-state index is 8.58. The predicted octanol–water partition coefficient (Wildman–Crippen LogP) is 3.13. The van der Waals surface area contributed by atoms with Crippen LogP contribution in [0.25, 0.3) is 0 Å². The first-order valence-corrected chi connectivity index (χ1v) is 4.41. The Balaban J connectivity index is 3.10. The van der Waals surface area contributed by atoms with Crippen LogP contribution in [0.3, 0.4) is 0 Å². The van der Waals surface area contributed by atoms with Gasteiger partial charge in [-0.25, -0.2) is 0 Å². The number of allylic oxidation sites excluding steroid dienone is 1. The summed E-state index contributed by atoms with van der Waals surface area (Å²) in [6, 6.07) is 7.74. The Morgan fingerprint density at radius 1 is 1.54 bits per heavy atom. The van der Waals surface area contributed by atoms with Gasteiger partial charge in [-0.05, 0) is 23.6 Å². The molecule has 0 saturated carbocycles. The second kappa shape index (κ2) is 4.69.